The van der Waals surface area contributed by atoms with Gasteiger partial charge in [-0.15, -0.1) is 0 Å². The Bertz CT molecular complexity index is 218. The summed E-state index contributed by atoms with van der Waals surface area (Å²) in [5, 5.41) is 11.1. The number of amides is 2. The summed E-state index contributed by atoms with van der Waals surface area (Å²) < 4.78 is 0. The fourth-order valence-corrected chi connectivity index (χ4v) is 1.41. The number of hydrogen-bond donors (Lipinski definition) is 2. The van der Waals surface area contributed by atoms with Gasteiger partial charge in [0.15, 0.2) is 0 Å². The maximum absolute atomic E-state index is 11.2. The normalized spacial score (nSPS) is 16.1. The maximum Gasteiger partial charge on any atom is 0.239 e. The molecule has 1 saturated heterocycles. The van der Waals surface area contributed by atoms with E-state index in [0.717, 1.165) is 6.42 Å². The molecule has 2 N–H and O–H groups in total. The topological polar surface area (TPSA) is 69.6 Å². The van der Waals surface area contributed by atoms with Crippen molar-refractivity contribution in [1.29, 1.82) is 0 Å². The lowest BCUT2D eigenvalue weighted by Crippen LogP contribution is -2.38. The Morgan fingerprint density at radius 2 is 2.36 bits per heavy atom. The molecule has 5 heteroatoms. The summed E-state index contributed by atoms with van der Waals surface area (Å²) in [5.74, 6) is -0.0870. The minimum absolute atomic E-state index is 0.0577. The standard InChI is InChI=1S/C9H16N2O3/c12-6-2-4-10-8(13)7-11-5-1-3-9(11)14/h12H,1-7H2,(H,10,13). The molecule has 0 aliphatic carbocycles. The molecule has 14 heavy (non-hydrogen) atoms. The van der Waals surface area contributed by atoms with Crippen LogP contribution in [0.3, 0.4) is 0 Å². The van der Waals surface area contributed by atoms with Crippen LogP contribution in [-0.2, 0) is 9.59 Å². The zero-order valence-electron chi connectivity index (χ0n) is 8.16. The van der Waals surface area contributed by atoms with Gasteiger partial charge in [0.2, 0.25) is 11.8 Å². The van der Waals surface area contributed by atoms with Gasteiger partial charge in [0.1, 0.15) is 0 Å². The van der Waals surface area contributed by atoms with Gasteiger partial charge in [0.05, 0.1) is 6.54 Å². The van der Waals surface area contributed by atoms with Crippen LogP contribution in [0.4, 0.5) is 0 Å². The summed E-state index contributed by atoms with van der Waals surface area (Å²) in [7, 11) is 0. The van der Waals surface area contributed by atoms with Gasteiger partial charge < -0.3 is 15.3 Å². The molecule has 0 radical (unpaired) electrons. The van der Waals surface area contributed by atoms with Crippen LogP contribution in [0, 0.1) is 0 Å². The highest BCUT2D eigenvalue weighted by Crippen LogP contribution is 2.08. The lowest BCUT2D eigenvalue weighted by molar-refractivity contribution is -0.133. The van der Waals surface area contributed by atoms with Gasteiger partial charge in [0, 0.05) is 26.1 Å². The number of likely N-dealkylation sites (tertiary alicyclic amines) is 1. The molecular formula is C9H16N2O3. The Morgan fingerprint density at radius 3 is 2.93 bits per heavy atom. The van der Waals surface area contributed by atoms with Crippen molar-refractivity contribution in [1.82, 2.24) is 10.2 Å². The van der Waals surface area contributed by atoms with Gasteiger partial charge in [-0.2, -0.15) is 0 Å². The molecular weight excluding hydrogens is 184 g/mol. The summed E-state index contributed by atoms with van der Waals surface area (Å²) in [6.45, 7) is 1.39. The lowest BCUT2D eigenvalue weighted by atomic mass is 10.4. The second-order valence-corrected chi connectivity index (χ2v) is 3.35. The third-order valence-corrected chi connectivity index (χ3v) is 2.16. The molecule has 1 rings (SSSR count). The van der Waals surface area contributed by atoms with E-state index in [1.807, 2.05) is 0 Å². The quantitative estimate of drug-likeness (QED) is 0.565. The van der Waals surface area contributed by atoms with Crippen LogP contribution in [0.1, 0.15) is 19.3 Å². The Labute approximate surface area is 83.1 Å². The van der Waals surface area contributed by atoms with Gasteiger partial charge in [0.25, 0.3) is 0 Å². The predicted molar refractivity (Wildman–Crippen MR) is 50.5 cm³/mol. The van der Waals surface area contributed by atoms with Crippen molar-refractivity contribution in [3.63, 3.8) is 0 Å². The predicted octanol–water partition coefficient (Wildman–Crippen LogP) is -0.893. The van der Waals surface area contributed by atoms with Crippen molar-refractivity contribution in [2.75, 3.05) is 26.2 Å². The molecule has 1 heterocycles. The minimum Gasteiger partial charge on any atom is -0.396 e. The molecule has 1 aliphatic rings. The Kier molecular flexibility index (Phi) is 4.39. The highest BCUT2D eigenvalue weighted by molar-refractivity contribution is 5.85. The first-order valence-electron chi connectivity index (χ1n) is 4.89. The van der Waals surface area contributed by atoms with E-state index >= 15 is 0 Å². The molecule has 0 bridgehead atoms. The molecule has 1 fully saturated rings. The summed E-state index contributed by atoms with van der Waals surface area (Å²) in [5.41, 5.74) is 0. The first-order chi connectivity index (χ1) is 6.74. The SMILES string of the molecule is O=C(CN1CCCC1=O)NCCCO. The first kappa shape index (κ1) is 11.0. The largest absolute Gasteiger partial charge is 0.396 e. The molecule has 0 aromatic rings. The molecule has 0 saturated carbocycles. The van der Waals surface area contributed by atoms with Gasteiger partial charge in [-0.3, -0.25) is 9.59 Å². The Morgan fingerprint density at radius 1 is 1.57 bits per heavy atom. The van der Waals surface area contributed by atoms with Crippen molar-refractivity contribution < 1.29 is 14.7 Å². The molecule has 0 aromatic heterocycles. The maximum atomic E-state index is 11.2. The molecule has 0 atom stereocenters. The van der Waals surface area contributed by atoms with E-state index in [4.69, 9.17) is 5.11 Å². The smallest absolute Gasteiger partial charge is 0.239 e. The number of hydrogen-bond acceptors (Lipinski definition) is 3. The highest BCUT2D eigenvalue weighted by atomic mass is 16.3. The zero-order chi connectivity index (χ0) is 10.4. The lowest BCUT2D eigenvalue weighted by Gasteiger charge is -2.14. The first-order valence-corrected chi connectivity index (χ1v) is 4.89. The molecule has 5 nitrogen and oxygen atoms in total. The number of nitrogens with zero attached hydrogens (tertiary/aromatic N) is 1. The zero-order valence-corrected chi connectivity index (χ0v) is 8.16. The Hall–Kier alpha value is -1.10. The summed E-state index contributed by atoms with van der Waals surface area (Å²) >= 11 is 0. The van der Waals surface area contributed by atoms with Crippen molar-refractivity contribution in [2.24, 2.45) is 0 Å². The summed E-state index contributed by atoms with van der Waals surface area (Å²) in [6.07, 6.45) is 1.96. The van der Waals surface area contributed by atoms with E-state index in [0.29, 0.717) is 25.9 Å². The fraction of sp³-hybridized carbons (Fsp3) is 0.778. The van der Waals surface area contributed by atoms with Crippen LogP contribution in [0.15, 0.2) is 0 Å². The van der Waals surface area contributed by atoms with Crippen LogP contribution in [0.25, 0.3) is 0 Å². The molecule has 80 valence electrons. The molecule has 0 aromatic carbocycles. The van der Waals surface area contributed by atoms with E-state index in [1.54, 1.807) is 4.90 Å². The number of nitrogens with one attached hydrogen (secondary N) is 1. The summed E-state index contributed by atoms with van der Waals surface area (Å²) in [6, 6.07) is 0. The third kappa shape index (κ3) is 3.33. The number of carbonyl (C=O) groups excluding carboxylic acids is 2. The van der Waals surface area contributed by atoms with Crippen molar-refractivity contribution in [2.45, 2.75) is 19.3 Å². The van der Waals surface area contributed by atoms with Gasteiger partial charge in [-0.25, -0.2) is 0 Å². The number of rotatable bonds is 5. The third-order valence-electron chi connectivity index (χ3n) is 2.16. The van der Waals surface area contributed by atoms with Crippen LogP contribution < -0.4 is 5.32 Å². The molecule has 2 amide bonds. The van der Waals surface area contributed by atoms with E-state index in [9.17, 15) is 9.59 Å². The van der Waals surface area contributed by atoms with Crippen LogP contribution in [-0.4, -0.2) is 48.1 Å². The van der Waals surface area contributed by atoms with Crippen molar-refractivity contribution in [3.05, 3.63) is 0 Å². The van der Waals surface area contributed by atoms with Gasteiger partial charge >= 0.3 is 0 Å². The van der Waals surface area contributed by atoms with Gasteiger partial charge in [-0.1, -0.05) is 0 Å². The van der Waals surface area contributed by atoms with Crippen LogP contribution in [0.5, 0.6) is 0 Å². The van der Waals surface area contributed by atoms with Crippen LogP contribution >= 0.6 is 0 Å². The minimum atomic E-state index is -0.145. The second kappa shape index (κ2) is 5.59. The van der Waals surface area contributed by atoms with E-state index < -0.39 is 0 Å². The van der Waals surface area contributed by atoms with Crippen LogP contribution in [0.2, 0.25) is 0 Å². The van der Waals surface area contributed by atoms with Gasteiger partial charge in [-0.05, 0) is 12.8 Å². The number of aliphatic hydroxyl groups is 1. The molecule has 0 unspecified atom stereocenters. The van der Waals surface area contributed by atoms with E-state index in [-0.39, 0.29) is 25.0 Å². The Balaban J connectivity index is 2.16. The van der Waals surface area contributed by atoms with E-state index in [1.165, 1.54) is 0 Å². The van der Waals surface area contributed by atoms with Crippen molar-refractivity contribution in [3.8, 4) is 0 Å². The number of aliphatic hydroxyl groups excluding tert-OH is 1. The molecule has 0 spiro atoms. The monoisotopic (exact) mass is 200 g/mol. The highest BCUT2D eigenvalue weighted by Gasteiger charge is 2.21. The second-order valence-electron chi connectivity index (χ2n) is 3.35. The average Bonchev–Trinajstić information content (AvgIpc) is 2.52. The number of carbonyl (C=O) groups is 2. The van der Waals surface area contributed by atoms with Crippen molar-refractivity contribution >= 4 is 11.8 Å². The average molecular weight is 200 g/mol. The molecule has 1 aliphatic heterocycles. The summed E-state index contributed by atoms with van der Waals surface area (Å²) in [4.78, 5) is 23.9. The fourth-order valence-electron chi connectivity index (χ4n) is 1.41. The van der Waals surface area contributed by atoms with E-state index in [2.05, 4.69) is 5.32 Å².